The average Bonchev–Trinajstić information content (AvgIpc) is 2.46. The van der Waals surface area contributed by atoms with Crippen LogP contribution in [0, 0.1) is 5.92 Å². The normalized spacial score (nSPS) is 17.2. The molecule has 1 unspecified atom stereocenters. The minimum Gasteiger partial charge on any atom is -0.479 e. The molecule has 1 rings (SSSR count). The van der Waals surface area contributed by atoms with Crippen LogP contribution < -0.4 is 0 Å². The number of aliphatic carboxylic acids is 1. The van der Waals surface area contributed by atoms with Gasteiger partial charge in [-0.05, 0) is 46.5 Å². The van der Waals surface area contributed by atoms with E-state index in [1.165, 1.54) is 0 Å². The largest absolute Gasteiger partial charge is 0.479 e. The average molecular weight is 345 g/mol. The zero-order chi connectivity index (χ0) is 18.3. The monoisotopic (exact) mass is 345 g/mol. The van der Waals surface area contributed by atoms with E-state index >= 15 is 0 Å². The molecular formula is C16H27NO7. The highest BCUT2D eigenvalue weighted by atomic mass is 16.6. The van der Waals surface area contributed by atoms with Crippen LogP contribution in [0.5, 0.6) is 0 Å². The number of carboxylic acid groups (broad SMARTS) is 1. The van der Waals surface area contributed by atoms with E-state index in [0.29, 0.717) is 25.9 Å². The molecule has 138 valence electrons. The summed E-state index contributed by atoms with van der Waals surface area (Å²) >= 11 is 0. The topological polar surface area (TPSA) is 102 Å². The molecular weight excluding hydrogens is 318 g/mol. The van der Waals surface area contributed by atoms with Crippen molar-refractivity contribution >= 4 is 18.0 Å². The van der Waals surface area contributed by atoms with E-state index in [4.69, 9.17) is 14.6 Å². The van der Waals surface area contributed by atoms with Gasteiger partial charge in [-0.15, -0.1) is 0 Å². The summed E-state index contributed by atoms with van der Waals surface area (Å²) in [5.74, 6) is -2.17. The maximum atomic E-state index is 12.0. The third kappa shape index (κ3) is 6.74. The predicted molar refractivity (Wildman–Crippen MR) is 84.5 cm³/mol. The van der Waals surface area contributed by atoms with E-state index in [1.54, 1.807) is 11.8 Å². The first kappa shape index (κ1) is 20.2. The van der Waals surface area contributed by atoms with Gasteiger partial charge in [0.15, 0.2) is 0 Å². The smallest absolute Gasteiger partial charge is 0.410 e. The molecule has 0 aromatic heterocycles. The second-order valence-corrected chi connectivity index (χ2v) is 6.71. The fourth-order valence-corrected chi connectivity index (χ4v) is 2.30. The first-order valence-corrected chi connectivity index (χ1v) is 8.13. The van der Waals surface area contributed by atoms with E-state index in [0.717, 1.165) is 0 Å². The molecule has 0 saturated carbocycles. The Hall–Kier alpha value is -1.83. The number of esters is 1. The van der Waals surface area contributed by atoms with Crippen LogP contribution in [0.3, 0.4) is 0 Å². The molecule has 8 nitrogen and oxygen atoms in total. The molecule has 0 aromatic carbocycles. The molecule has 1 fully saturated rings. The zero-order valence-electron chi connectivity index (χ0n) is 14.7. The number of carboxylic acids is 1. The van der Waals surface area contributed by atoms with Crippen molar-refractivity contribution in [3.8, 4) is 0 Å². The molecule has 1 aliphatic rings. The molecule has 1 amide bonds. The zero-order valence-corrected chi connectivity index (χ0v) is 14.7. The maximum absolute atomic E-state index is 12.0. The third-order valence-electron chi connectivity index (χ3n) is 3.49. The van der Waals surface area contributed by atoms with E-state index < -0.39 is 23.6 Å². The number of carbonyl (C=O) groups is 3. The molecule has 0 spiro atoms. The lowest BCUT2D eigenvalue weighted by Crippen LogP contribution is -2.43. The van der Waals surface area contributed by atoms with Crippen LogP contribution in [0.15, 0.2) is 0 Å². The van der Waals surface area contributed by atoms with Crippen molar-refractivity contribution in [3.05, 3.63) is 0 Å². The fraction of sp³-hybridized carbons (Fsp3) is 0.812. The number of amides is 1. The highest BCUT2D eigenvalue weighted by molar-refractivity contribution is 5.97. The van der Waals surface area contributed by atoms with Crippen molar-refractivity contribution in [3.63, 3.8) is 0 Å². The van der Waals surface area contributed by atoms with Gasteiger partial charge < -0.3 is 24.2 Å². The van der Waals surface area contributed by atoms with Crippen molar-refractivity contribution in [1.29, 1.82) is 0 Å². The number of carbonyl (C=O) groups excluding carboxylic acids is 2. The van der Waals surface area contributed by atoms with Gasteiger partial charge in [-0.3, -0.25) is 0 Å². The fourth-order valence-electron chi connectivity index (χ4n) is 2.30. The van der Waals surface area contributed by atoms with Gasteiger partial charge in [0.2, 0.25) is 0 Å². The Kier molecular flexibility index (Phi) is 7.47. The van der Waals surface area contributed by atoms with Crippen LogP contribution in [-0.4, -0.2) is 66.0 Å². The molecule has 1 aliphatic heterocycles. The quantitative estimate of drug-likeness (QED) is 0.577. The Morgan fingerprint density at radius 2 is 1.79 bits per heavy atom. The predicted octanol–water partition coefficient (Wildman–Crippen LogP) is 1.67. The van der Waals surface area contributed by atoms with Crippen LogP contribution in [0.25, 0.3) is 0 Å². The van der Waals surface area contributed by atoms with Gasteiger partial charge in [-0.1, -0.05) is 0 Å². The lowest BCUT2D eigenvalue weighted by molar-refractivity contribution is -0.170. The molecule has 0 aliphatic carbocycles. The van der Waals surface area contributed by atoms with E-state index in [1.807, 2.05) is 20.8 Å². The highest BCUT2D eigenvalue weighted by Gasteiger charge is 2.31. The number of nitrogens with zero attached hydrogens (tertiary/aromatic N) is 1. The van der Waals surface area contributed by atoms with Crippen LogP contribution in [-0.2, 0) is 23.8 Å². The van der Waals surface area contributed by atoms with Crippen LogP contribution in [0.4, 0.5) is 4.79 Å². The summed E-state index contributed by atoms with van der Waals surface area (Å²) in [6.45, 7) is 8.30. The Morgan fingerprint density at radius 3 is 2.25 bits per heavy atom. The lowest BCUT2D eigenvalue weighted by atomic mass is 9.98. The minimum absolute atomic E-state index is 0.0833. The first-order chi connectivity index (χ1) is 11.1. The Balaban J connectivity index is 2.41. The molecule has 1 N–H and O–H groups in total. The van der Waals surface area contributed by atoms with Crippen LogP contribution >= 0.6 is 0 Å². The van der Waals surface area contributed by atoms with Gasteiger partial charge in [-0.2, -0.15) is 0 Å². The summed E-state index contributed by atoms with van der Waals surface area (Å²) in [4.78, 5) is 36.2. The molecule has 24 heavy (non-hydrogen) atoms. The molecule has 8 heteroatoms. The van der Waals surface area contributed by atoms with Crippen molar-refractivity contribution < 1.29 is 33.7 Å². The second kappa shape index (κ2) is 8.86. The Bertz CT molecular complexity index is 450. The standard InChI is InChI=1S/C16H27NO7/c1-5-22-14(20)12(13(18)19)23-10-11-6-8-17(9-7-11)15(21)24-16(2,3)4/h11-12H,5-10H2,1-4H3,(H,18,19). The number of hydrogen-bond acceptors (Lipinski definition) is 6. The first-order valence-electron chi connectivity index (χ1n) is 8.13. The summed E-state index contributed by atoms with van der Waals surface area (Å²) in [7, 11) is 0. The van der Waals surface area contributed by atoms with Crippen LogP contribution in [0.2, 0.25) is 0 Å². The number of ether oxygens (including phenoxy) is 3. The van der Waals surface area contributed by atoms with Gasteiger partial charge in [0.25, 0.3) is 6.10 Å². The molecule has 0 radical (unpaired) electrons. The second-order valence-electron chi connectivity index (χ2n) is 6.71. The van der Waals surface area contributed by atoms with Crippen molar-refractivity contribution in [2.45, 2.75) is 52.2 Å². The van der Waals surface area contributed by atoms with Gasteiger partial charge in [-0.25, -0.2) is 14.4 Å². The van der Waals surface area contributed by atoms with Gasteiger partial charge in [0, 0.05) is 13.1 Å². The minimum atomic E-state index is -1.60. The summed E-state index contributed by atoms with van der Waals surface area (Å²) in [5, 5.41) is 9.03. The van der Waals surface area contributed by atoms with E-state index in [9.17, 15) is 14.4 Å². The number of likely N-dealkylation sites (tertiary alicyclic amines) is 1. The molecule has 1 heterocycles. The number of rotatable bonds is 6. The van der Waals surface area contributed by atoms with Crippen molar-refractivity contribution in [2.75, 3.05) is 26.3 Å². The summed E-state index contributed by atoms with van der Waals surface area (Å²) in [6.07, 6.45) is -0.631. The van der Waals surface area contributed by atoms with Gasteiger partial charge in [0.05, 0.1) is 13.2 Å². The molecule has 0 aromatic rings. The molecule has 0 bridgehead atoms. The SMILES string of the molecule is CCOC(=O)C(OCC1CCN(C(=O)OC(C)(C)C)CC1)C(=O)O. The Labute approximate surface area is 142 Å². The van der Waals surface area contributed by atoms with Gasteiger partial charge >= 0.3 is 18.0 Å². The summed E-state index contributed by atoms with van der Waals surface area (Å²) in [5.41, 5.74) is -0.536. The maximum Gasteiger partial charge on any atom is 0.410 e. The van der Waals surface area contributed by atoms with Crippen molar-refractivity contribution in [2.24, 2.45) is 5.92 Å². The lowest BCUT2D eigenvalue weighted by Gasteiger charge is -2.33. The number of piperidine rings is 1. The molecule has 1 atom stereocenters. The Morgan fingerprint density at radius 1 is 1.21 bits per heavy atom. The summed E-state index contributed by atoms with van der Waals surface area (Å²) < 4.78 is 15.2. The van der Waals surface area contributed by atoms with Crippen molar-refractivity contribution in [1.82, 2.24) is 4.90 Å². The van der Waals surface area contributed by atoms with Gasteiger partial charge in [0.1, 0.15) is 5.60 Å². The number of hydrogen-bond donors (Lipinski definition) is 1. The van der Waals surface area contributed by atoms with Crippen LogP contribution in [0.1, 0.15) is 40.5 Å². The molecule has 1 saturated heterocycles. The third-order valence-corrected chi connectivity index (χ3v) is 3.49. The highest BCUT2D eigenvalue weighted by Crippen LogP contribution is 2.20. The van der Waals surface area contributed by atoms with E-state index in [2.05, 4.69) is 4.74 Å². The van der Waals surface area contributed by atoms with E-state index in [-0.39, 0.29) is 25.2 Å². The summed E-state index contributed by atoms with van der Waals surface area (Å²) in [6, 6.07) is 0.